The zero-order chi connectivity index (χ0) is 8.43. The summed E-state index contributed by atoms with van der Waals surface area (Å²) < 4.78 is 0. The van der Waals surface area contributed by atoms with Crippen molar-refractivity contribution in [1.82, 2.24) is 9.97 Å². The molecule has 0 aliphatic heterocycles. The molecule has 60 valence electrons. The molecular weight excluding hydrogens is 140 g/mol. The van der Waals surface area contributed by atoms with Gasteiger partial charge in [0.1, 0.15) is 11.6 Å². The fraction of sp³-hybridized carbons (Fsp3) is 0.429. The minimum absolute atomic E-state index is 0.501. The highest BCUT2D eigenvalue weighted by Gasteiger charge is 2.02. The van der Waals surface area contributed by atoms with Crippen LogP contribution in [0.3, 0.4) is 0 Å². The van der Waals surface area contributed by atoms with Crippen molar-refractivity contribution < 1.29 is 0 Å². The third-order valence-electron chi connectivity index (χ3n) is 1.52. The van der Waals surface area contributed by atoms with Gasteiger partial charge in [-0.15, -0.1) is 0 Å². The number of nitrogens with two attached hydrogens (primary N) is 1. The third kappa shape index (κ3) is 1.39. The Morgan fingerprint density at radius 2 is 1.82 bits per heavy atom. The first kappa shape index (κ1) is 7.78. The number of rotatable bonds is 1. The lowest BCUT2D eigenvalue weighted by atomic mass is 10.4. The van der Waals surface area contributed by atoms with E-state index in [0.29, 0.717) is 5.82 Å². The molecule has 1 aromatic rings. The molecule has 0 radical (unpaired) electrons. The van der Waals surface area contributed by atoms with E-state index in [4.69, 9.17) is 5.73 Å². The highest BCUT2D eigenvalue weighted by atomic mass is 15.0. The van der Waals surface area contributed by atoms with Gasteiger partial charge in [-0.25, -0.2) is 9.97 Å². The number of nitrogen functional groups attached to an aromatic ring is 1. The Balaban J connectivity index is 3.21. The molecule has 3 N–H and O–H groups in total. The zero-order valence-electron chi connectivity index (χ0n) is 6.97. The van der Waals surface area contributed by atoms with Crippen molar-refractivity contribution in [3.8, 4) is 0 Å². The largest absolute Gasteiger partial charge is 0.382 e. The van der Waals surface area contributed by atoms with Crippen LogP contribution < -0.4 is 11.1 Å². The number of hydrogen-bond donors (Lipinski definition) is 2. The van der Waals surface area contributed by atoms with Gasteiger partial charge in [0.25, 0.3) is 0 Å². The highest BCUT2D eigenvalue weighted by Crippen LogP contribution is 2.12. The SMILES string of the molecule is CNc1nc(C)c(N)nc1C. The monoisotopic (exact) mass is 152 g/mol. The van der Waals surface area contributed by atoms with E-state index < -0.39 is 0 Å². The molecule has 1 rings (SSSR count). The zero-order valence-corrected chi connectivity index (χ0v) is 6.97. The lowest BCUT2D eigenvalue weighted by Gasteiger charge is -2.05. The van der Waals surface area contributed by atoms with Gasteiger partial charge >= 0.3 is 0 Å². The Labute approximate surface area is 65.9 Å². The van der Waals surface area contributed by atoms with Gasteiger partial charge in [-0.3, -0.25) is 0 Å². The fourth-order valence-corrected chi connectivity index (χ4v) is 0.857. The molecule has 1 aromatic heterocycles. The van der Waals surface area contributed by atoms with Crippen LogP contribution in [0.5, 0.6) is 0 Å². The summed E-state index contributed by atoms with van der Waals surface area (Å²) in [6, 6.07) is 0. The summed E-state index contributed by atoms with van der Waals surface area (Å²) in [6.45, 7) is 3.71. The molecule has 0 unspecified atom stereocenters. The molecule has 0 saturated carbocycles. The summed E-state index contributed by atoms with van der Waals surface area (Å²) in [6.07, 6.45) is 0. The molecule has 0 spiro atoms. The topological polar surface area (TPSA) is 63.8 Å². The normalized spacial score (nSPS) is 9.73. The van der Waals surface area contributed by atoms with Gasteiger partial charge in [0.15, 0.2) is 0 Å². The van der Waals surface area contributed by atoms with E-state index in [2.05, 4.69) is 15.3 Å². The highest BCUT2D eigenvalue weighted by molar-refractivity contribution is 5.46. The van der Waals surface area contributed by atoms with Crippen LogP contribution in [-0.4, -0.2) is 17.0 Å². The van der Waals surface area contributed by atoms with Crippen LogP contribution in [0.1, 0.15) is 11.4 Å². The van der Waals surface area contributed by atoms with Crippen molar-refractivity contribution in [1.29, 1.82) is 0 Å². The van der Waals surface area contributed by atoms with E-state index >= 15 is 0 Å². The first-order chi connectivity index (χ1) is 5.15. The molecule has 0 saturated heterocycles. The van der Waals surface area contributed by atoms with E-state index in [0.717, 1.165) is 17.2 Å². The number of aryl methyl sites for hydroxylation is 2. The lowest BCUT2D eigenvalue weighted by Crippen LogP contribution is -2.04. The van der Waals surface area contributed by atoms with Gasteiger partial charge in [-0.1, -0.05) is 0 Å². The fourth-order valence-electron chi connectivity index (χ4n) is 0.857. The first-order valence-corrected chi connectivity index (χ1v) is 3.43. The number of aromatic nitrogens is 2. The van der Waals surface area contributed by atoms with Crippen LogP contribution in [0.2, 0.25) is 0 Å². The molecule has 0 amide bonds. The Hall–Kier alpha value is -1.32. The number of anilines is 2. The predicted octanol–water partition coefficient (Wildman–Crippen LogP) is 0.717. The van der Waals surface area contributed by atoms with Crippen molar-refractivity contribution in [2.24, 2.45) is 0 Å². The van der Waals surface area contributed by atoms with Crippen molar-refractivity contribution in [3.05, 3.63) is 11.4 Å². The Morgan fingerprint density at radius 3 is 2.36 bits per heavy atom. The Kier molecular flexibility index (Phi) is 1.94. The lowest BCUT2D eigenvalue weighted by molar-refractivity contribution is 1.07. The maximum Gasteiger partial charge on any atom is 0.147 e. The molecule has 0 bridgehead atoms. The van der Waals surface area contributed by atoms with Crippen LogP contribution in [0.15, 0.2) is 0 Å². The third-order valence-corrected chi connectivity index (χ3v) is 1.52. The maximum absolute atomic E-state index is 5.54. The Bertz CT molecular complexity index is 269. The predicted molar refractivity (Wildman–Crippen MR) is 45.5 cm³/mol. The summed E-state index contributed by atoms with van der Waals surface area (Å²) in [5, 5.41) is 2.93. The second kappa shape index (κ2) is 2.74. The smallest absolute Gasteiger partial charge is 0.147 e. The van der Waals surface area contributed by atoms with Crippen LogP contribution in [0, 0.1) is 13.8 Å². The van der Waals surface area contributed by atoms with Gasteiger partial charge in [-0.05, 0) is 13.8 Å². The van der Waals surface area contributed by atoms with Crippen LogP contribution in [0.4, 0.5) is 11.6 Å². The summed E-state index contributed by atoms with van der Waals surface area (Å²) in [5.41, 5.74) is 7.14. The molecule has 0 aliphatic carbocycles. The van der Waals surface area contributed by atoms with E-state index in [-0.39, 0.29) is 0 Å². The molecule has 4 nitrogen and oxygen atoms in total. The standard InChI is InChI=1S/C7H12N4/c1-4-6(8)10-5(2)7(9-3)11-4/h1-3H3,(H2,8,10)(H,9,11). The second-order valence-corrected chi connectivity index (χ2v) is 2.38. The van der Waals surface area contributed by atoms with E-state index in [1.807, 2.05) is 20.9 Å². The quantitative estimate of drug-likeness (QED) is 0.622. The van der Waals surface area contributed by atoms with Crippen LogP contribution >= 0.6 is 0 Å². The van der Waals surface area contributed by atoms with Crippen molar-refractivity contribution in [2.45, 2.75) is 13.8 Å². The summed E-state index contributed by atoms with van der Waals surface area (Å²) in [4.78, 5) is 8.29. The molecule has 0 aromatic carbocycles. The van der Waals surface area contributed by atoms with Crippen LogP contribution in [-0.2, 0) is 0 Å². The van der Waals surface area contributed by atoms with Crippen molar-refractivity contribution in [2.75, 3.05) is 18.1 Å². The molecule has 4 heteroatoms. The van der Waals surface area contributed by atoms with E-state index in [1.165, 1.54) is 0 Å². The van der Waals surface area contributed by atoms with Crippen molar-refractivity contribution in [3.63, 3.8) is 0 Å². The Morgan fingerprint density at radius 1 is 1.18 bits per heavy atom. The second-order valence-electron chi connectivity index (χ2n) is 2.38. The molecule has 0 aliphatic rings. The maximum atomic E-state index is 5.54. The van der Waals surface area contributed by atoms with E-state index in [9.17, 15) is 0 Å². The van der Waals surface area contributed by atoms with Gasteiger partial charge < -0.3 is 11.1 Å². The van der Waals surface area contributed by atoms with Gasteiger partial charge in [0, 0.05) is 7.05 Å². The van der Waals surface area contributed by atoms with Gasteiger partial charge in [-0.2, -0.15) is 0 Å². The minimum Gasteiger partial charge on any atom is -0.382 e. The van der Waals surface area contributed by atoms with Crippen molar-refractivity contribution >= 4 is 11.6 Å². The van der Waals surface area contributed by atoms with E-state index in [1.54, 1.807) is 0 Å². The number of nitrogens with one attached hydrogen (secondary N) is 1. The summed E-state index contributed by atoms with van der Waals surface area (Å²) >= 11 is 0. The molecule has 0 atom stereocenters. The average Bonchev–Trinajstić information content (AvgIpc) is 1.97. The summed E-state index contributed by atoms with van der Waals surface area (Å²) in [5.74, 6) is 1.29. The number of hydrogen-bond acceptors (Lipinski definition) is 4. The minimum atomic E-state index is 0.501. The average molecular weight is 152 g/mol. The first-order valence-electron chi connectivity index (χ1n) is 3.43. The molecule has 1 heterocycles. The molecule has 0 fully saturated rings. The number of nitrogens with zero attached hydrogens (tertiary/aromatic N) is 2. The van der Waals surface area contributed by atoms with Crippen LogP contribution in [0.25, 0.3) is 0 Å². The molecule has 11 heavy (non-hydrogen) atoms. The van der Waals surface area contributed by atoms with Gasteiger partial charge in [0.05, 0.1) is 11.4 Å². The molecular formula is C7H12N4. The summed E-state index contributed by atoms with van der Waals surface area (Å²) in [7, 11) is 1.81. The van der Waals surface area contributed by atoms with Gasteiger partial charge in [0.2, 0.25) is 0 Å².